The van der Waals surface area contributed by atoms with Gasteiger partial charge in [-0.2, -0.15) is 0 Å². The number of hydrogen-bond donors (Lipinski definition) is 2. The summed E-state index contributed by atoms with van der Waals surface area (Å²) in [6, 6.07) is 0. The van der Waals surface area contributed by atoms with Crippen molar-refractivity contribution in [1.82, 2.24) is 10.2 Å². The second-order valence-electron chi connectivity index (χ2n) is 4.56. The highest BCUT2D eigenvalue weighted by Crippen LogP contribution is 2.20. The summed E-state index contributed by atoms with van der Waals surface area (Å²) in [7, 11) is 0. The minimum Gasteiger partial charge on any atom is -0.325 e. The fourth-order valence-electron chi connectivity index (χ4n) is 2.16. The predicted molar refractivity (Wildman–Crippen MR) is 54.7 cm³/mol. The molecular formula is C10H21N3. The van der Waals surface area contributed by atoms with E-state index in [0.29, 0.717) is 0 Å². The van der Waals surface area contributed by atoms with E-state index in [1.165, 1.54) is 32.5 Å². The Bertz CT molecular complexity index is 160. The van der Waals surface area contributed by atoms with Crippen molar-refractivity contribution in [3.8, 4) is 0 Å². The van der Waals surface area contributed by atoms with Gasteiger partial charge < -0.3 is 16.0 Å². The van der Waals surface area contributed by atoms with Gasteiger partial charge in [-0.3, -0.25) is 0 Å². The fraction of sp³-hybridized carbons (Fsp3) is 1.00. The lowest BCUT2D eigenvalue weighted by molar-refractivity contribution is 0.153. The van der Waals surface area contributed by atoms with Gasteiger partial charge in [-0.1, -0.05) is 0 Å². The van der Waals surface area contributed by atoms with Crippen LogP contribution in [0.15, 0.2) is 0 Å². The maximum absolute atomic E-state index is 6.32. The Balaban J connectivity index is 1.71. The van der Waals surface area contributed by atoms with Crippen molar-refractivity contribution in [2.24, 2.45) is 5.73 Å². The first-order valence-electron chi connectivity index (χ1n) is 5.51. The molecule has 3 N–H and O–H groups in total. The highest BCUT2D eigenvalue weighted by Gasteiger charge is 2.28. The first kappa shape index (κ1) is 9.44. The molecule has 3 heteroatoms. The van der Waals surface area contributed by atoms with Crippen LogP contribution < -0.4 is 11.1 Å². The first-order valence-corrected chi connectivity index (χ1v) is 5.51. The molecule has 2 aliphatic rings. The number of piperidine rings is 1. The molecule has 0 aromatic heterocycles. The van der Waals surface area contributed by atoms with E-state index in [0.717, 1.165) is 25.9 Å². The van der Waals surface area contributed by atoms with Gasteiger partial charge in [-0.25, -0.2) is 0 Å². The SMILES string of the molecule is NC1(CCN2CCC2)CCNCC1. The Morgan fingerprint density at radius 3 is 2.46 bits per heavy atom. The molecule has 2 heterocycles. The zero-order valence-electron chi connectivity index (χ0n) is 8.39. The molecule has 0 saturated carbocycles. The van der Waals surface area contributed by atoms with Gasteiger partial charge in [0.1, 0.15) is 0 Å². The van der Waals surface area contributed by atoms with Crippen molar-refractivity contribution < 1.29 is 0 Å². The standard InChI is InChI=1S/C10H21N3/c11-10(2-5-12-6-3-10)4-9-13-7-1-8-13/h12H,1-9,11H2. The molecule has 2 saturated heterocycles. The van der Waals surface area contributed by atoms with Crippen LogP contribution in [-0.4, -0.2) is 43.2 Å². The van der Waals surface area contributed by atoms with Crippen molar-refractivity contribution in [1.29, 1.82) is 0 Å². The molecule has 0 bridgehead atoms. The van der Waals surface area contributed by atoms with Gasteiger partial charge in [0.05, 0.1) is 0 Å². The van der Waals surface area contributed by atoms with Crippen molar-refractivity contribution >= 4 is 0 Å². The summed E-state index contributed by atoms with van der Waals surface area (Å²) >= 11 is 0. The summed E-state index contributed by atoms with van der Waals surface area (Å²) < 4.78 is 0. The zero-order valence-corrected chi connectivity index (χ0v) is 8.39. The monoisotopic (exact) mass is 183 g/mol. The van der Waals surface area contributed by atoms with Crippen LogP contribution in [0, 0.1) is 0 Å². The largest absolute Gasteiger partial charge is 0.325 e. The zero-order chi connectivity index (χ0) is 9.15. The minimum atomic E-state index is 0.140. The average Bonchev–Trinajstić information content (AvgIpc) is 2.02. The fourth-order valence-corrected chi connectivity index (χ4v) is 2.16. The maximum Gasteiger partial charge on any atom is 0.0190 e. The molecular weight excluding hydrogens is 162 g/mol. The summed E-state index contributed by atoms with van der Waals surface area (Å²) in [5, 5.41) is 3.36. The van der Waals surface area contributed by atoms with E-state index in [-0.39, 0.29) is 5.54 Å². The van der Waals surface area contributed by atoms with E-state index in [9.17, 15) is 0 Å². The molecule has 0 radical (unpaired) electrons. The normalized spacial score (nSPS) is 28.4. The third-order valence-corrected chi connectivity index (χ3v) is 3.47. The minimum absolute atomic E-state index is 0.140. The van der Waals surface area contributed by atoms with Crippen LogP contribution in [0.2, 0.25) is 0 Å². The molecule has 0 atom stereocenters. The second-order valence-corrected chi connectivity index (χ2v) is 4.56. The third kappa shape index (κ3) is 2.42. The van der Waals surface area contributed by atoms with Gasteiger partial charge in [0.15, 0.2) is 0 Å². The summed E-state index contributed by atoms with van der Waals surface area (Å²) in [5.41, 5.74) is 6.46. The molecule has 2 aliphatic heterocycles. The van der Waals surface area contributed by atoms with Gasteiger partial charge >= 0.3 is 0 Å². The van der Waals surface area contributed by atoms with Crippen LogP contribution in [0.1, 0.15) is 25.7 Å². The number of likely N-dealkylation sites (tertiary alicyclic amines) is 1. The molecule has 76 valence electrons. The van der Waals surface area contributed by atoms with E-state index in [2.05, 4.69) is 10.2 Å². The van der Waals surface area contributed by atoms with E-state index in [4.69, 9.17) is 5.73 Å². The van der Waals surface area contributed by atoms with E-state index < -0.39 is 0 Å². The van der Waals surface area contributed by atoms with Crippen molar-refractivity contribution in [3.63, 3.8) is 0 Å². The Morgan fingerprint density at radius 2 is 1.92 bits per heavy atom. The van der Waals surface area contributed by atoms with E-state index in [1.807, 2.05) is 0 Å². The number of hydrogen-bond acceptors (Lipinski definition) is 3. The van der Waals surface area contributed by atoms with Crippen molar-refractivity contribution in [2.75, 3.05) is 32.7 Å². The lowest BCUT2D eigenvalue weighted by Gasteiger charge is -2.38. The number of nitrogens with zero attached hydrogens (tertiary/aromatic N) is 1. The molecule has 2 fully saturated rings. The van der Waals surface area contributed by atoms with Gasteiger partial charge in [-0.05, 0) is 58.4 Å². The van der Waals surface area contributed by atoms with E-state index >= 15 is 0 Å². The predicted octanol–water partition coefficient (Wildman–Crippen LogP) is 0.163. The molecule has 0 aromatic rings. The lowest BCUT2D eigenvalue weighted by atomic mass is 9.86. The highest BCUT2D eigenvalue weighted by molar-refractivity contribution is 4.90. The summed E-state index contributed by atoms with van der Waals surface area (Å²) in [4.78, 5) is 2.51. The molecule has 3 nitrogen and oxygen atoms in total. The van der Waals surface area contributed by atoms with E-state index in [1.54, 1.807) is 0 Å². The smallest absolute Gasteiger partial charge is 0.0190 e. The number of nitrogens with one attached hydrogen (secondary N) is 1. The van der Waals surface area contributed by atoms with Crippen LogP contribution in [0.3, 0.4) is 0 Å². The van der Waals surface area contributed by atoms with Gasteiger partial charge in [0, 0.05) is 5.54 Å². The molecule has 13 heavy (non-hydrogen) atoms. The van der Waals surface area contributed by atoms with Crippen LogP contribution >= 0.6 is 0 Å². The topological polar surface area (TPSA) is 41.3 Å². The molecule has 0 aliphatic carbocycles. The Labute approximate surface area is 80.7 Å². The van der Waals surface area contributed by atoms with Crippen LogP contribution in [0.4, 0.5) is 0 Å². The first-order chi connectivity index (χ1) is 6.29. The lowest BCUT2D eigenvalue weighted by Crippen LogP contribution is -2.51. The third-order valence-electron chi connectivity index (χ3n) is 3.47. The quantitative estimate of drug-likeness (QED) is 0.655. The number of rotatable bonds is 3. The maximum atomic E-state index is 6.32. The van der Waals surface area contributed by atoms with Gasteiger partial charge in [0.25, 0.3) is 0 Å². The summed E-state index contributed by atoms with van der Waals surface area (Å²) in [6.45, 7) is 6.03. The average molecular weight is 183 g/mol. The Kier molecular flexibility index (Phi) is 2.86. The highest BCUT2D eigenvalue weighted by atomic mass is 15.2. The Morgan fingerprint density at radius 1 is 1.23 bits per heavy atom. The van der Waals surface area contributed by atoms with Gasteiger partial charge in [-0.15, -0.1) is 0 Å². The van der Waals surface area contributed by atoms with Crippen LogP contribution in [-0.2, 0) is 0 Å². The Hall–Kier alpha value is -0.120. The summed E-state index contributed by atoms with van der Waals surface area (Å²) in [5.74, 6) is 0. The van der Waals surface area contributed by atoms with Crippen LogP contribution in [0.5, 0.6) is 0 Å². The van der Waals surface area contributed by atoms with Crippen molar-refractivity contribution in [2.45, 2.75) is 31.2 Å². The number of nitrogens with two attached hydrogens (primary N) is 1. The molecule has 0 spiro atoms. The summed E-state index contributed by atoms with van der Waals surface area (Å²) in [6.07, 6.45) is 4.88. The second kappa shape index (κ2) is 3.95. The molecule has 0 aromatic carbocycles. The van der Waals surface area contributed by atoms with Crippen molar-refractivity contribution in [3.05, 3.63) is 0 Å². The molecule has 0 amide bonds. The van der Waals surface area contributed by atoms with Gasteiger partial charge in [0.2, 0.25) is 0 Å². The molecule has 0 unspecified atom stereocenters. The van der Waals surface area contributed by atoms with Crippen LogP contribution in [0.25, 0.3) is 0 Å². The molecule has 2 rings (SSSR count).